The van der Waals surface area contributed by atoms with Crippen LogP contribution < -0.4 is 9.88 Å². The lowest BCUT2D eigenvalue weighted by atomic mass is 10.2. The monoisotopic (exact) mass is 280 g/mol. The number of aromatic nitrogens is 1. The number of aliphatic hydroxyl groups is 1. The van der Waals surface area contributed by atoms with Gasteiger partial charge in [-0.05, 0) is 29.8 Å². The van der Waals surface area contributed by atoms with Crippen molar-refractivity contribution in [3.63, 3.8) is 0 Å². The second kappa shape index (κ2) is 5.35. The van der Waals surface area contributed by atoms with E-state index in [2.05, 4.69) is 4.98 Å². The predicted molar refractivity (Wildman–Crippen MR) is 68.0 cm³/mol. The van der Waals surface area contributed by atoms with Crippen LogP contribution in [0, 0.1) is 0 Å². The molecule has 0 amide bonds. The number of hydrogen-bond acceptors (Lipinski definition) is 5. The summed E-state index contributed by atoms with van der Waals surface area (Å²) in [7, 11) is -3.89. The smallest absolute Gasteiger partial charge is 0.243 e. The lowest BCUT2D eigenvalue weighted by Gasteiger charge is -2.08. The summed E-state index contributed by atoms with van der Waals surface area (Å²) in [5.74, 6) is 0.322. The minimum Gasteiger partial charge on any atom is -0.438 e. The van der Waals surface area contributed by atoms with Crippen LogP contribution >= 0.6 is 0 Å². The fourth-order valence-corrected chi connectivity index (χ4v) is 2.05. The highest BCUT2D eigenvalue weighted by Gasteiger charge is 2.16. The van der Waals surface area contributed by atoms with Crippen molar-refractivity contribution in [1.82, 2.24) is 4.98 Å². The standard InChI is InChI=1S/C12H12N2O4S/c13-19(16,17)11-2-1-7-14-12(11)18-10-5-3-9(8-15)4-6-10/h1-7,15H,8H2,(H2,13,16,17). The zero-order valence-corrected chi connectivity index (χ0v) is 10.7. The van der Waals surface area contributed by atoms with Crippen molar-refractivity contribution in [2.45, 2.75) is 11.5 Å². The number of benzene rings is 1. The Morgan fingerprint density at radius 3 is 2.47 bits per heavy atom. The van der Waals surface area contributed by atoms with Gasteiger partial charge >= 0.3 is 0 Å². The van der Waals surface area contributed by atoms with E-state index in [0.29, 0.717) is 5.75 Å². The molecule has 19 heavy (non-hydrogen) atoms. The molecule has 0 unspecified atom stereocenters. The maximum absolute atomic E-state index is 11.4. The summed E-state index contributed by atoms with van der Waals surface area (Å²) in [5, 5.41) is 14.0. The van der Waals surface area contributed by atoms with E-state index in [9.17, 15) is 8.42 Å². The minimum atomic E-state index is -3.89. The molecule has 0 aliphatic carbocycles. The van der Waals surface area contributed by atoms with Gasteiger partial charge in [0.25, 0.3) is 0 Å². The molecule has 0 bridgehead atoms. The van der Waals surface area contributed by atoms with Crippen LogP contribution in [0.1, 0.15) is 5.56 Å². The maximum atomic E-state index is 11.4. The molecule has 1 heterocycles. The quantitative estimate of drug-likeness (QED) is 0.870. The summed E-state index contributed by atoms with van der Waals surface area (Å²) < 4.78 is 28.1. The Kier molecular flexibility index (Phi) is 3.79. The van der Waals surface area contributed by atoms with E-state index in [1.165, 1.54) is 18.3 Å². The third-order valence-electron chi connectivity index (χ3n) is 2.36. The van der Waals surface area contributed by atoms with Crippen LogP contribution in [0.4, 0.5) is 0 Å². The largest absolute Gasteiger partial charge is 0.438 e. The Hall–Kier alpha value is -1.96. The Balaban J connectivity index is 2.33. The van der Waals surface area contributed by atoms with Gasteiger partial charge in [-0.15, -0.1) is 0 Å². The number of nitrogens with zero attached hydrogens (tertiary/aromatic N) is 1. The Morgan fingerprint density at radius 2 is 1.89 bits per heavy atom. The number of ether oxygens (including phenoxy) is 1. The molecular formula is C12H12N2O4S. The predicted octanol–water partition coefficient (Wildman–Crippen LogP) is 1.01. The molecule has 0 saturated heterocycles. The fourth-order valence-electron chi connectivity index (χ4n) is 1.44. The number of hydrogen-bond donors (Lipinski definition) is 2. The molecule has 0 saturated carbocycles. The molecule has 0 spiro atoms. The average molecular weight is 280 g/mol. The van der Waals surface area contributed by atoms with Gasteiger partial charge in [-0.25, -0.2) is 18.5 Å². The molecule has 6 nitrogen and oxygen atoms in total. The number of pyridine rings is 1. The first kappa shape index (κ1) is 13.5. The van der Waals surface area contributed by atoms with Gasteiger partial charge in [-0.2, -0.15) is 0 Å². The first-order valence-electron chi connectivity index (χ1n) is 5.36. The van der Waals surface area contributed by atoms with Crippen molar-refractivity contribution in [1.29, 1.82) is 0 Å². The van der Waals surface area contributed by atoms with E-state index in [1.807, 2.05) is 0 Å². The molecule has 2 aromatic rings. The maximum Gasteiger partial charge on any atom is 0.243 e. The van der Waals surface area contributed by atoms with E-state index in [1.54, 1.807) is 24.3 Å². The van der Waals surface area contributed by atoms with E-state index in [4.69, 9.17) is 15.0 Å². The topological polar surface area (TPSA) is 103 Å². The highest BCUT2D eigenvalue weighted by Crippen LogP contribution is 2.25. The normalized spacial score (nSPS) is 11.3. The molecule has 0 aliphatic heterocycles. The van der Waals surface area contributed by atoms with Crippen molar-refractivity contribution in [3.05, 3.63) is 48.2 Å². The van der Waals surface area contributed by atoms with Crippen molar-refractivity contribution in [2.75, 3.05) is 0 Å². The zero-order valence-electron chi connectivity index (χ0n) is 9.85. The zero-order chi connectivity index (χ0) is 13.9. The summed E-state index contributed by atoms with van der Waals surface area (Å²) >= 11 is 0. The van der Waals surface area contributed by atoms with Gasteiger partial charge in [0.1, 0.15) is 10.6 Å². The number of primary sulfonamides is 1. The second-order valence-electron chi connectivity index (χ2n) is 3.76. The second-order valence-corrected chi connectivity index (χ2v) is 5.29. The lowest BCUT2D eigenvalue weighted by molar-refractivity contribution is 0.281. The Labute approximate surface area is 110 Å². The van der Waals surface area contributed by atoms with Crippen LogP contribution in [0.25, 0.3) is 0 Å². The van der Waals surface area contributed by atoms with Gasteiger partial charge < -0.3 is 9.84 Å². The van der Waals surface area contributed by atoms with Crippen LogP contribution in [0.3, 0.4) is 0 Å². The molecule has 1 aromatic carbocycles. The van der Waals surface area contributed by atoms with E-state index in [0.717, 1.165) is 5.56 Å². The molecule has 0 radical (unpaired) electrons. The number of aliphatic hydroxyl groups excluding tert-OH is 1. The molecule has 0 aliphatic rings. The van der Waals surface area contributed by atoms with Gasteiger partial charge in [-0.1, -0.05) is 12.1 Å². The third-order valence-corrected chi connectivity index (χ3v) is 3.29. The summed E-state index contributed by atoms with van der Waals surface area (Å²) in [5.41, 5.74) is 0.722. The highest BCUT2D eigenvalue weighted by molar-refractivity contribution is 7.89. The third kappa shape index (κ3) is 3.28. The van der Waals surface area contributed by atoms with Gasteiger partial charge in [0, 0.05) is 6.20 Å². The Bertz CT molecular complexity index is 668. The lowest BCUT2D eigenvalue weighted by Crippen LogP contribution is -2.13. The van der Waals surface area contributed by atoms with E-state index < -0.39 is 10.0 Å². The first-order valence-corrected chi connectivity index (χ1v) is 6.91. The van der Waals surface area contributed by atoms with E-state index >= 15 is 0 Å². The van der Waals surface area contributed by atoms with Crippen molar-refractivity contribution in [3.8, 4) is 11.6 Å². The molecule has 3 N–H and O–H groups in total. The van der Waals surface area contributed by atoms with E-state index in [-0.39, 0.29) is 17.4 Å². The molecule has 0 fully saturated rings. The van der Waals surface area contributed by atoms with Crippen LogP contribution in [-0.4, -0.2) is 18.5 Å². The van der Waals surface area contributed by atoms with Crippen LogP contribution in [0.2, 0.25) is 0 Å². The summed E-state index contributed by atoms with van der Waals surface area (Å²) in [4.78, 5) is 3.67. The summed E-state index contributed by atoms with van der Waals surface area (Å²) in [6, 6.07) is 9.31. The van der Waals surface area contributed by atoms with Gasteiger partial charge in [0.2, 0.25) is 15.9 Å². The molecule has 100 valence electrons. The highest BCUT2D eigenvalue weighted by atomic mass is 32.2. The summed E-state index contributed by atoms with van der Waals surface area (Å²) in [6.45, 7) is -0.0771. The van der Waals surface area contributed by atoms with Crippen molar-refractivity contribution < 1.29 is 18.3 Å². The van der Waals surface area contributed by atoms with Crippen molar-refractivity contribution >= 4 is 10.0 Å². The van der Waals surface area contributed by atoms with Crippen molar-refractivity contribution in [2.24, 2.45) is 5.14 Å². The van der Waals surface area contributed by atoms with Gasteiger partial charge in [0.05, 0.1) is 6.61 Å². The molecular weight excluding hydrogens is 268 g/mol. The van der Waals surface area contributed by atoms with Crippen LogP contribution in [0.5, 0.6) is 11.6 Å². The molecule has 0 atom stereocenters. The van der Waals surface area contributed by atoms with Crippen LogP contribution in [-0.2, 0) is 16.6 Å². The SMILES string of the molecule is NS(=O)(=O)c1cccnc1Oc1ccc(CO)cc1. The minimum absolute atomic E-state index is 0.0771. The first-order chi connectivity index (χ1) is 9.00. The number of nitrogens with two attached hydrogens (primary N) is 1. The number of rotatable bonds is 4. The average Bonchev–Trinajstić information content (AvgIpc) is 2.39. The molecule has 2 rings (SSSR count). The Morgan fingerprint density at radius 1 is 1.21 bits per heavy atom. The van der Waals surface area contributed by atoms with Crippen LogP contribution in [0.15, 0.2) is 47.5 Å². The van der Waals surface area contributed by atoms with Gasteiger partial charge in [0.15, 0.2) is 0 Å². The molecule has 7 heteroatoms. The molecule has 1 aromatic heterocycles. The van der Waals surface area contributed by atoms with Gasteiger partial charge in [-0.3, -0.25) is 0 Å². The number of sulfonamides is 1. The summed E-state index contributed by atoms with van der Waals surface area (Å²) in [6.07, 6.45) is 1.41. The fraction of sp³-hybridized carbons (Fsp3) is 0.0833.